The number of rotatable bonds is 5. The van der Waals surface area contributed by atoms with Crippen LogP contribution in [0.4, 0.5) is 10.5 Å². The molecule has 140 valence electrons. The summed E-state index contributed by atoms with van der Waals surface area (Å²) >= 11 is 0. The molecule has 6 heteroatoms. The molecule has 1 amide bonds. The van der Waals surface area contributed by atoms with E-state index >= 15 is 0 Å². The highest BCUT2D eigenvalue weighted by Crippen LogP contribution is 2.23. The zero-order chi connectivity index (χ0) is 19.4. The maximum absolute atomic E-state index is 12.2. The number of carbonyl (C=O) groups is 1. The molecule has 3 aromatic rings. The van der Waals surface area contributed by atoms with Crippen molar-refractivity contribution in [2.75, 3.05) is 12.4 Å². The van der Waals surface area contributed by atoms with E-state index in [9.17, 15) is 4.79 Å². The second kappa shape index (κ2) is 7.95. The highest BCUT2D eigenvalue weighted by molar-refractivity contribution is 5.86. The summed E-state index contributed by atoms with van der Waals surface area (Å²) in [5.41, 5.74) is 3.48. The van der Waals surface area contributed by atoms with Crippen molar-refractivity contribution >= 4 is 11.8 Å². The molecule has 1 aromatic heterocycles. The van der Waals surface area contributed by atoms with Crippen LogP contribution in [-0.2, 0) is 0 Å². The van der Waals surface area contributed by atoms with Crippen molar-refractivity contribution in [3.8, 4) is 17.2 Å². The summed E-state index contributed by atoms with van der Waals surface area (Å²) in [6.07, 6.45) is 0.978. The Balaban J connectivity index is 1.68. The van der Waals surface area contributed by atoms with Crippen molar-refractivity contribution in [1.82, 2.24) is 9.78 Å². The molecule has 1 heterocycles. The van der Waals surface area contributed by atoms with Gasteiger partial charge in [-0.2, -0.15) is 5.10 Å². The van der Waals surface area contributed by atoms with Gasteiger partial charge in [-0.25, -0.2) is 9.48 Å². The standard InChI is InChI=1S/C21H23N3O3/c1-14(2)16-5-7-17(8-6-16)23-21(25)27-20-13-22-24(15(20)3)18-9-11-19(26-4)12-10-18/h5-14H,1-4H3,(H,23,25). The number of amides is 1. The number of carbonyl (C=O) groups excluding carboxylic acids is 1. The molecule has 0 bridgehead atoms. The van der Waals surface area contributed by atoms with E-state index in [4.69, 9.17) is 9.47 Å². The molecule has 0 atom stereocenters. The molecule has 0 fully saturated rings. The van der Waals surface area contributed by atoms with E-state index in [1.54, 1.807) is 11.8 Å². The fourth-order valence-electron chi connectivity index (χ4n) is 2.67. The van der Waals surface area contributed by atoms with Gasteiger partial charge in [-0.3, -0.25) is 5.32 Å². The highest BCUT2D eigenvalue weighted by Gasteiger charge is 2.13. The smallest absolute Gasteiger partial charge is 0.417 e. The van der Waals surface area contributed by atoms with Crippen molar-refractivity contribution in [2.45, 2.75) is 26.7 Å². The third kappa shape index (κ3) is 4.28. The molecule has 3 rings (SSSR count). The lowest BCUT2D eigenvalue weighted by Crippen LogP contribution is -2.17. The van der Waals surface area contributed by atoms with Gasteiger partial charge < -0.3 is 9.47 Å². The Morgan fingerprint density at radius 2 is 1.74 bits per heavy atom. The Hall–Kier alpha value is -3.28. The van der Waals surface area contributed by atoms with Gasteiger partial charge in [0.1, 0.15) is 5.75 Å². The molecule has 0 radical (unpaired) electrons. The van der Waals surface area contributed by atoms with Crippen LogP contribution in [0, 0.1) is 6.92 Å². The van der Waals surface area contributed by atoms with Crippen molar-refractivity contribution < 1.29 is 14.3 Å². The second-order valence-corrected chi connectivity index (χ2v) is 6.50. The average molecular weight is 365 g/mol. The summed E-state index contributed by atoms with van der Waals surface area (Å²) in [5.74, 6) is 1.61. The summed E-state index contributed by atoms with van der Waals surface area (Å²) in [6.45, 7) is 6.09. The largest absolute Gasteiger partial charge is 0.497 e. The van der Waals surface area contributed by atoms with Gasteiger partial charge in [0.15, 0.2) is 5.75 Å². The Morgan fingerprint density at radius 1 is 1.07 bits per heavy atom. The number of nitrogens with one attached hydrogen (secondary N) is 1. The van der Waals surface area contributed by atoms with Gasteiger partial charge in [0.05, 0.1) is 24.7 Å². The van der Waals surface area contributed by atoms with Gasteiger partial charge in [0.25, 0.3) is 0 Å². The minimum atomic E-state index is -0.551. The molecular formula is C21H23N3O3. The predicted molar refractivity (Wildman–Crippen MR) is 105 cm³/mol. The predicted octanol–water partition coefficient (Wildman–Crippen LogP) is 4.92. The van der Waals surface area contributed by atoms with E-state index in [-0.39, 0.29) is 0 Å². The number of anilines is 1. The van der Waals surface area contributed by atoms with Gasteiger partial charge in [0, 0.05) is 5.69 Å². The van der Waals surface area contributed by atoms with Gasteiger partial charge in [0.2, 0.25) is 0 Å². The molecule has 2 aromatic carbocycles. The highest BCUT2D eigenvalue weighted by atomic mass is 16.6. The number of methoxy groups -OCH3 is 1. The van der Waals surface area contributed by atoms with Crippen molar-refractivity contribution in [3.63, 3.8) is 0 Å². The van der Waals surface area contributed by atoms with E-state index in [2.05, 4.69) is 24.3 Å². The zero-order valence-electron chi connectivity index (χ0n) is 15.9. The van der Waals surface area contributed by atoms with E-state index in [1.165, 1.54) is 11.8 Å². The lowest BCUT2D eigenvalue weighted by atomic mass is 10.0. The van der Waals surface area contributed by atoms with Crippen LogP contribution in [0.15, 0.2) is 54.7 Å². The van der Waals surface area contributed by atoms with Crippen LogP contribution in [-0.4, -0.2) is 23.0 Å². The number of aromatic nitrogens is 2. The van der Waals surface area contributed by atoms with Gasteiger partial charge >= 0.3 is 6.09 Å². The third-order valence-corrected chi connectivity index (χ3v) is 4.31. The Kier molecular flexibility index (Phi) is 5.45. The Bertz CT molecular complexity index is 913. The minimum absolute atomic E-state index is 0.405. The average Bonchev–Trinajstić information content (AvgIpc) is 3.02. The molecule has 27 heavy (non-hydrogen) atoms. The minimum Gasteiger partial charge on any atom is -0.497 e. The number of benzene rings is 2. The second-order valence-electron chi connectivity index (χ2n) is 6.50. The molecule has 0 spiro atoms. The number of ether oxygens (including phenoxy) is 2. The maximum atomic E-state index is 12.2. The monoisotopic (exact) mass is 365 g/mol. The first kappa shape index (κ1) is 18.5. The molecule has 0 aliphatic carbocycles. The first-order valence-electron chi connectivity index (χ1n) is 8.75. The fraction of sp³-hybridized carbons (Fsp3) is 0.238. The topological polar surface area (TPSA) is 65.4 Å². The van der Waals surface area contributed by atoms with E-state index in [0.717, 1.165) is 17.1 Å². The summed E-state index contributed by atoms with van der Waals surface area (Å²) < 4.78 is 12.3. The molecule has 0 aliphatic heterocycles. The van der Waals surface area contributed by atoms with Gasteiger partial charge in [-0.15, -0.1) is 0 Å². The van der Waals surface area contributed by atoms with Crippen molar-refractivity contribution in [2.24, 2.45) is 0 Å². The number of hydrogen-bond donors (Lipinski definition) is 1. The summed E-state index contributed by atoms with van der Waals surface area (Å²) in [5, 5.41) is 7.04. The first-order chi connectivity index (χ1) is 13.0. The molecule has 0 unspecified atom stereocenters. The molecular weight excluding hydrogens is 342 g/mol. The lowest BCUT2D eigenvalue weighted by Gasteiger charge is -2.09. The maximum Gasteiger partial charge on any atom is 0.417 e. The fourth-order valence-corrected chi connectivity index (χ4v) is 2.67. The molecule has 0 aliphatic rings. The van der Waals surface area contributed by atoms with Crippen molar-refractivity contribution in [3.05, 3.63) is 66.0 Å². The van der Waals surface area contributed by atoms with Crippen LogP contribution < -0.4 is 14.8 Å². The number of nitrogens with zero attached hydrogens (tertiary/aromatic N) is 2. The Labute approximate surface area is 158 Å². The summed E-state index contributed by atoms with van der Waals surface area (Å²) in [7, 11) is 1.62. The van der Waals surface area contributed by atoms with Crippen molar-refractivity contribution in [1.29, 1.82) is 0 Å². The van der Waals surface area contributed by atoms with Crippen LogP contribution >= 0.6 is 0 Å². The van der Waals surface area contributed by atoms with Crippen LogP contribution in [0.5, 0.6) is 11.5 Å². The quantitative estimate of drug-likeness (QED) is 0.697. The van der Waals surface area contributed by atoms with Crippen LogP contribution in [0.2, 0.25) is 0 Å². The van der Waals surface area contributed by atoms with E-state index < -0.39 is 6.09 Å². The normalized spacial score (nSPS) is 10.7. The zero-order valence-corrected chi connectivity index (χ0v) is 15.9. The van der Waals surface area contributed by atoms with Crippen LogP contribution in [0.25, 0.3) is 5.69 Å². The van der Waals surface area contributed by atoms with Gasteiger partial charge in [-0.05, 0) is 54.8 Å². The van der Waals surface area contributed by atoms with E-state index in [1.807, 2.05) is 55.5 Å². The molecule has 0 saturated carbocycles. The third-order valence-electron chi connectivity index (χ3n) is 4.31. The summed E-state index contributed by atoms with van der Waals surface area (Å²) in [6, 6.07) is 15.2. The molecule has 0 saturated heterocycles. The number of hydrogen-bond acceptors (Lipinski definition) is 4. The van der Waals surface area contributed by atoms with Gasteiger partial charge in [-0.1, -0.05) is 26.0 Å². The lowest BCUT2D eigenvalue weighted by molar-refractivity contribution is 0.215. The summed E-state index contributed by atoms with van der Waals surface area (Å²) in [4.78, 5) is 12.2. The SMILES string of the molecule is COc1ccc(-n2ncc(OC(=O)Nc3ccc(C(C)C)cc3)c2C)cc1. The van der Waals surface area contributed by atoms with Crippen LogP contribution in [0.1, 0.15) is 31.0 Å². The molecule has 1 N–H and O–H groups in total. The first-order valence-corrected chi connectivity index (χ1v) is 8.75. The Morgan fingerprint density at radius 3 is 2.33 bits per heavy atom. The van der Waals surface area contributed by atoms with Crippen LogP contribution in [0.3, 0.4) is 0 Å². The molecule has 6 nitrogen and oxygen atoms in total. The van der Waals surface area contributed by atoms with E-state index in [0.29, 0.717) is 17.4 Å².